The summed E-state index contributed by atoms with van der Waals surface area (Å²) in [6, 6.07) is 0.262. The molecule has 2 rings (SSSR count). The molecular weight excluding hydrogens is 302 g/mol. The second kappa shape index (κ2) is 7.99. The molecular formula is C17H29N7. The van der Waals surface area contributed by atoms with Crippen LogP contribution in [0.25, 0.3) is 0 Å². The van der Waals surface area contributed by atoms with Crippen molar-refractivity contribution in [3.8, 4) is 0 Å². The van der Waals surface area contributed by atoms with Crippen LogP contribution >= 0.6 is 0 Å². The fraction of sp³-hybridized carbons (Fsp3) is 0.588. The maximum atomic E-state index is 4.65. The van der Waals surface area contributed by atoms with Gasteiger partial charge in [-0.05, 0) is 39.7 Å². The molecule has 2 heterocycles. The molecule has 0 aliphatic carbocycles. The molecule has 0 saturated carbocycles. The molecule has 0 amide bonds. The summed E-state index contributed by atoms with van der Waals surface area (Å²) >= 11 is 0. The number of nitrogens with one attached hydrogen (secondary N) is 2. The number of hydrogen-bond acceptors (Lipinski definition) is 3. The van der Waals surface area contributed by atoms with E-state index >= 15 is 0 Å². The minimum Gasteiger partial charge on any atom is -0.357 e. The minimum atomic E-state index is 0.262. The van der Waals surface area contributed by atoms with Crippen molar-refractivity contribution in [1.82, 2.24) is 30.2 Å². The van der Waals surface area contributed by atoms with Crippen molar-refractivity contribution in [1.29, 1.82) is 0 Å². The Bertz CT molecular complexity index is 696. The van der Waals surface area contributed by atoms with Gasteiger partial charge in [-0.1, -0.05) is 0 Å². The minimum absolute atomic E-state index is 0.262. The van der Waals surface area contributed by atoms with Gasteiger partial charge < -0.3 is 10.6 Å². The Morgan fingerprint density at radius 3 is 2.62 bits per heavy atom. The Balaban J connectivity index is 2.00. The lowest BCUT2D eigenvalue weighted by Gasteiger charge is -2.18. The quantitative estimate of drug-likeness (QED) is 0.621. The van der Waals surface area contributed by atoms with Crippen LogP contribution in [0.1, 0.15) is 36.4 Å². The summed E-state index contributed by atoms with van der Waals surface area (Å²) in [5, 5.41) is 15.5. The van der Waals surface area contributed by atoms with Gasteiger partial charge in [0.2, 0.25) is 0 Å². The summed E-state index contributed by atoms with van der Waals surface area (Å²) in [6.07, 6.45) is 4.75. The van der Waals surface area contributed by atoms with E-state index in [4.69, 9.17) is 0 Å². The molecule has 7 nitrogen and oxygen atoms in total. The lowest BCUT2D eigenvalue weighted by molar-refractivity contribution is 0.635. The zero-order chi connectivity index (χ0) is 17.7. The normalized spacial score (nSPS) is 13.2. The third kappa shape index (κ3) is 4.59. The molecule has 24 heavy (non-hydrogen) atoms. The number of aromatic nitrogens is 4. The Hall–Kier alpha value is -2.31. The van der Waals surface area contributed by atoms with Gasteiger partial charge in [-0.25, -0.2) is 4.99 Å². The molecule has 0 aliphatic heterocycles. The first-order chi connectivity index (χ1) is 11.4. The average molecular weight is 331 g/mol. The maximum Gasteiger partial charge on any atom is 0.191 e. The zero-order valence-corrected chi connectivity index (χ0v) is 15.6. The largest absolute Gasteiger partial charge is 0.357 e. The molecule has 0 bridgehead atoms. The van der Waals surface area contributed by atoms with Gasteiger partial charge in [0.05, 0.1) is 18.4 Å². The van der Waals surface area contributed by atoms with Gasteiger partial charge >= 0.3 is 0 Å². The first kappa shape index (κ1) is 18.0. The summed E-state index contributed by atoms with van der Waals surface area (Å²) in [5.41, 5.74) is 4.72. The monoisotopic (exact) mass is 331 g/mol. The van der Waals surface area contributed by atoms with Crippen molar-refractivity contribution in [2.75, 3.05) is 6.54 Å². The molecule has 2 aromatic rings. The van der Waals surface area contributed by atoms with Crippen LogP contribution < -0.4 is 10.6 Å². The van der Waals surface area contributed by atoms with E-state index in [0.29, 0.717) is 6.54 Å². The van der Waals surface area contributed by atoms with E-state index in [1.165, 1.54) is 11.3 Å². The van der Waals surface area contributed by atoms with Gasteiger partial charge in [-0.15, -0.1) is 0 Å². The Labute approximate surface area is 144 Å². The molecule has 0 aromatic carbocycles. The molecule has 0 aliphatic rings. The number of aliphatic imine (C=N–C) groups is 1. The van der Waals surface area contributed by atoms with Crippen LogP contribution in [-0.2, 0) is 27.1 Å². The fourth-order valence-electron chi connectivity index (χ4n) is 2.75. The van der Waals surface area contributed by atoms with Crippen molar-refractivity contribution in [3.05, 3.63) is 34.9 Å². The zero-order valence-electron chi connectivity index (χ0n) is 15.6. The second-order valence-corrected chi connectivity index (χ2v) is 6.24. The van der Waals surface area contributed by atoms with E-state index in [9.17, 15) is 0 Å². The summed E-state index contributed by atoms with van der Waals surface area (Å²) in [5.74, 6) is 0.827. The second-order valence-electron chi connectivity index (χ2n) is 6.24. The standard InChI is InChI=1S/C17H29N7/c1-7-18-17(19-9-15-10-20-23(5)11-15)21-12(2)8-16-13(3)22-24(6)14(16)4/h10-12H,7-9H2,1-6H3,(H2,18,19,21). The van der Waals surface area contributed by atoms with Crippen LogP contribution in [0.5, 0.6) is 0 Å². The third-order valence-corrected chi connectivity index (χ3v) is 4.07. The molecule has 1 unspecified atom stereocenters. The predicted molar refractivity (Wildman–Crippen MR) is 97.0 cm³/mol. The lowest BCUT2D eigenvalue weighted by Crippen LogP contribution is -2.43. The molecule has 0 fully saturated rings. The van der Waals surface area contributed by atoms with E-state index in [2.05, 4.69) is 53.5 Å². The SMILES string of the molecule is CCNC(=NCc1cnn(C)c1)NC(C)Cc1c(C)nn(C)c1C. The van der Waals surface area contributed by atoms with Gasteiger partial charge in [0, 0.05) is 44.1 Å². The molecule has 132 valence electrons. The summed E-state index contributed by atoms with van der Waals surface area (Å²) in [7, 11) is 3.90. The van der Waals surface area contributed by atoms with Crippen LogP contribution in [-0.4, -0.2) is 38.1 Å². The Kier molecular flexibility index (Phi) is 6.00. The van der Waals surface area contributed by atoms with E-state index in [1.807, 2.05) is 31.2 Å². The van der Waals surface area contributed by atoms with E-state index < -0.39 is 0 Å². The number of rotatable bonds is 6. The van der Waals surface area contributed by atoms with Crippen LogP contribution in [0.2, 0.25) is 0 Å². The van der Waals surface area contributed by atoms with Gasteiger partial charge in [0.25, 0.3) is 0 Å². The highest BCUT2D eigenvalue weighted by Crippen LogP contribution is 2.14. The van der Waals surface area contributed by atoms with Crippen LogP contribution in [0.3, 0.4) is 0 Å². The molecule has 7 heteroatoms. The van der Waals surface area contributed by atoms with Crippen molar-refractivity contribution in [3.63, 3.8) is 0 Å². The highest BCUT2D eigenvalue weighted by Gasteiger charge is 2.14. The van der Waals surface area contributed by atoms with Gasteiger partial charge in [-0.2, -0.15) is 10.2 Å². The number of aryl methyl sites for hydroxylation is 3. The third-order valence-electron chi connectivity index (χ3n) is 4.07. The molecule has 2 aromatic heterocycles. The molecule has 1 atom stereocenters. The topological polar surface area (TPSA) is 72.1 Å². The first-order valence-corrected chi connectivity index (χ1v) is 8.42. The molecule has 0 saturated heterocycles. The van der Waals surface area contributed by atoms with Crippen LogP contribution in [0.4, 0.5) is 0 Å². The molecule has 0 spiro atoms. The Morgan fingerprint density at radius 1 is 1.33 bits per heavy atom. The summed E-state index contributed by atoms with van der Waals surface area (Å²) < 4.78 is 3.74. The van der Waals surface area contributed by atoms with Gasteiger partial charge in [-0.3, -0.25) is 9.36 Å². The van der Waals surface area contributed by atoms with E-state index in [0.717, 1.165) is 30.2 Å². The van der Waals surface area contributed by atoms with Crippen molar-refractivity contribution >= 4 is 5.96 Å². The first-order valence-electron chi connectivity index (χ1n) is 8.42. The van der Waals surface area contributed by atoms with Crippen molar-refractivity contribution in [2.24, 2.45) is 19.1 Å². The van der Waals surface area contributed by atoms with Crippen LogP contribution in [0.15, 0.2) is 17.4 Å². The fourth-order valence-corrected chi connectivity index (χ4v) is 2.75. The van der Waals surface area contributed by atoms with Crippen molar-refractivity contribution in [2.45, 2.75) is 46.7 Å². The Morgan fingerprint density at radius 2 is 2.08 bits per heavy atom. The van der Waals surface area contributed by atoms with Crippen LogP contribution in [0, 0.1) is 13.8 Å². The number of nitrogens with zero attached hydrogens (tertiary/aromatic N) is 5. The highest BCUT2D eigenvalue weighted by molar-refractivity contribution is 5.80. The summed E-state index contributed by atoms with van der Waals surface area (Å²) in [4.78, 5) is 4.65. The smallest absolute Gasteiger partial charge is 0.191 e. The van der Waals surface area contributed by atoms with Gasteiger partial charge in [0.1, 0.15) is 0 Å². The molecule has 2 N–H and O–H groups in total. The summed E-state index contributed by atoms with van der Waals surface area (Å²) in [6.45, 7) is 9.86. The van der Waals surface area contributed by atoms with Gasteiger partial charge in [0.15, 0.2) is 5.96 Å². The number of guanidine groups is 1. The highest BCUT2D eigenvalue weighted by atomic mass is 15.3. The average Bonchev–Trinajstić information content (AvgIpc) is 3.04. The maximum absolute atomic E-state index is 4.65. The lowest BCUT2D eigenvalue weighted by atomic mass is 10.1. The number of hydrogen-bond donors (Lipinski definition) is 2. The van der Waals surface area contributed by atoms with Crippen molar-refractivity contribution < 1.29 is 0 Å². The van der Waals surface area contributed by atoms with E-state index in [-0.39, 0.29) is 6.04 Å². The molecule has 0 radical (unpaired) electrons. The predicted octanol–water partition coefficient (Wildman–Crippen LogP) is 1.46. The van der Waals surface area contributed by atoms with E-state index in [1.54, 1.807) is 4.68 Å².